The van der Waals surface area contributed by atoms with Crippen LogP contribution in [0.1, 0.15) is 35.1 Å². The number of nitrogens with one attached hydrogen (secondary N) is 1. The molecule has 1 saturated heterocycles. The van der Waals surface area contributed by atoms with E-state index in [-0.39, 0.29) is 12.5 Å². The van der Waals surface area contributed by atoms with Crippen molar-refractivity contribution in [3.63, 3.8) is 0 Å². The molecule has 1 N–H and O–H groups in total. The first-order valence-electron chi connectivity index (χ1n) is 7.56. The zero-order valence-electron chi connectivity index (χ0n) is 13.7. The molecule has 0 bridgehead atoms. The Bertz CT molecular complexity index is 878. The number of nitrogens with zero attached hydrogens (tertiary/aromatic N) is 2. The summed E-state index contributed by atoms with van der Waals surface area (Å²) in [5.41, 5.74) is 0.725. The second-order valence-corrected chi connectivity index (χ2v) is 6.09. The van der Waals surface area contributed by atoms with Gasteiger partial charge in [0.2, 0.25) is 0 Å². The fourth-order valence-electron chi connectivity index (χ4n) is 3.07. The Labute approximate surface area is 139 Å². The first-order valence-corrected chi connectivity index (χ1v) is 7.56. The van der Waals surface area contributed by atoms with E-state index in [1.54, 1.807) is 51.1 Å². The third-order valence-electron chi connectivity index (χ3n) is 4.25. The van der Waals surface area contributed by atoms with Crippen molar-refractivity contribution in [2.45, 2.75) is 32.9 Å². The summed E-state index contributed by atoms with van der Waals surface area (Å²) in [6, 6.07) is 10.2. The lowest BCUT2D eigenvalue weighted by molar-refractivity contribution is -0.131. The summed E-state index contributed by atoms with van der Waals surface area (Å²) in [5.74, 6) is 0.960. The lowest BCUT2D eigenvalue weighted by atomic mass is 9.92. The SMILES string of the molecule is Cc1cc(C2(C)NC(=O)N(Cc3cccc(C#N)c3)C2=O)c(C)o1. The van der Waals surface area contributed by atoms with Crippen molar-refractivity contribution in [1.29, 1.82) is 5.26 Å². The topological polar surface area (TPSA) is 86.3 Å². The van der Waals surface area contributed by atoms with Crippen LogP contribution in [-0.4, -0.2) is 16.8 Å². The predicted molar refractivity (Wildman–Crippen MR) is 85.8 cm³/mol. The number of nitriles is 1. The van der Waals surface area contributed by atoms with Gasteiger partial charge < -0.3 is 9.73 Å². The number of furan rings is 1. The van der Waals surface area contributed by atoms with Crippen LogP contribution in [0.15, 0.2) is 34.7 Å². The molecule has 6 heteroatoms. The standard InChI is InChI=1S/C18H17N3O3/c1-11-7-15(12(2)24-11)18(3)16(22)21(17(23)20-18)10-14-6-4-5-13(8-14)9-19/h4-8H,10H2,1-3H3,(H,20,23). The minimum Gasteiger partial charge on any atom is -0.466 e. The van der Waals surface area contributed by atoms with Gasteiger partial charge in [0, 0.05) is 5.56 Å². The molecule has 1 fully saturated rings. The Balaban J connectivity index is 1.92. The molecular weight excluding hydrogens is 306 g/mol. The fourth-order valence-corrected chi connectivity index (χ4v) is 3.07. The van der Waals surface area contributed by atoms with Gasteiger partial charge in [-0.15, -0.1) is 0 Å². The van der Waals surface area contributed by atoms with Crippen LogP contribution >= 0.6 is 0 Å². The molecule has 1 aliphatic rings. The van der Waals surface area contributed by atoms with Gasteiger partial charge in [-0.25, -0.2) is 4.79 Å². The predicted octanol–water partition coefficient (Wildman–Crippen LogP) is 2.74. The van der Waals surface area contributed by atoms with Gasteiger partial charge >= 0.3 is 6.03 Å². The number of hydrogen-bond donors (Lipinski definition) is 1. The fraction of sp³-hybridized carbons (Fsp3) is 0.278. The molecule has 1 unspecified atom stereocenters. The van der Waals surface area contributed by atoms with Crippen LogP contribution in [0.2, 0.25) is 0 Å². The first-order chi connectivity index (χ1) is 11.3. The normalized spacial score (nSPS) is 20.2. The van der Waals surface area contributed by atoms with E-state index in [0.29, 0.717) is 22.6 Å². The summed E-state index contributed by atoms with van der Waals surface area (Å²) < 4.78 is 5.50. The van der Waals surface area contributed by atoms with Crippen molar-refractivity contribution < 1.29 is 14.0 Å². The molecule has 24 heavy (non-hydrogen) atoms. The van der Waals surface area contributed by atoms with Crippen molar-refractivity contribution in [3.05, 3.63) is 58.5 Å². The van der Waals surface area contributed by atoms with Gasteiger partial charge in [0.05, 0.1) is 18.2 Å². The van der Waals surface area contributed by atoms with E-state index in [1.165, 1.54) is 0 Å². The van der Waals surface area contributed by atoms with E-state index in [9.17, 15) is 9.59 Å². The molecule has 1 aromatic carbocycles. The van der Waals surface area contributed by atoms with Crippen LogP contribution < -0.4 is 5.32 Å². The molecule has 1 aromatic heterocycles. The first kappa shape index (κ1) is 15.8. The summed E-state index contributed by atoms with van der Waals surface area (Å²) in [4.78, 5) is 26.4. The summed E-state index contributed by atoms with van der Waals surface area (Å²) in [5, 5.41) is 11.7. The van der Waals surface area contributed by atoms with Gasteiger partial charge in [0.15, 0.2) is 0 Å². The summed E-state index contributed by atoms with van der Waals surface area (Å²) in [6.45, 7) is 5.36. The van der Waals surface area contributed by atoms with Gasteiger partial charge in [0.25, 0.3) is 5.91 Å². The second kappa shape index (κ2) is 5.53. The number of rotatable bonds is 3. The van der Waals surface area contributed by atoms with E-state index in [4.69, 9.17) is 9.68 Å². The Hall–Kier alpha value is -3.07. The highest BCUT2D eigenvalue weighted by Crippen LogP contribution is 2.33. The lowest BCUT2D eigenvalue weighted by Crippen LogP contribution is -2.41. The Morgan fingerprint density at radius 3 is 2.67 bits per heavy atom. The number of carbonyl (C=O) groups is 2. The zero-order valence-corrected chi connectivity index (χ0v) is 13.7. The highest BCUT2D eigenvalue weighted by Gasteiger charge is 2.50. The Morgan fingerprint density at radius 1 is 1.29 bits per heavy atom. The molecule has 1 atom stereocenters. The number of amides is 3. The average Bonchev–Trinajstić information content (AvgIpc) is 3.00. The van der Waals surface area contributed by atoms with Gasteiger partial charge in [0.1, 0.15) is 17.1 Å². The van der Waals surface area contributed by atoms with Gasteiger partial charge in [-0.1, -0.05) is 12.1 Å². The zero-order chi connectivity index (χ0) is 17.5. The number of carbonyl (C=O) groups excluding carboxylic acids is 2. The van der Waals surface area contributed by atoms with E-state index < -0.39 is 11.6 Å². The molecule has 0 aliphatic carbocycles. The van der Waals surface area contributed by atoms with Crippen molar-refractivity contribution in [2.24, 2.45) is 0 Å². The van der Waals surface area contributed by atoms with Crippen LogP contribution in [0, 0.1) is 25.2 Å². The smallest absolute Gasteiger partial charge is 0.325 e. The molecular formula is C18H17N3O3. The molecule has 0 spiro atoms. The minimum atomic E-state index is -1.15. The van der Waals surface area contributed by atoms with E-state index in [2.05, 4.69) is 11.4 Å². The molecule has 6 nitrogen and oxygen atoms in total. The van der Waals surface area contributed by atoms with E-state index in [0.717, 1.165) is 10.5 Å². The van der Waals surface area contributed by atoms with Crippen LogP contribution in [0.25, 0.3) is 0 Å². The van der Waals surface area contributed by atoms with Gasteiger partial charge in [-0.2, -0.15) is 5.26 Å². The third-order valence-corrected chi connectivity index (χ3v) is 4.25. The molecule has 3 amide bonds. The van der Waals surface area contributed by atoms with Gasteiger partial charge in [-0.05, 0) is 44.5 Å². The van der Waals surface area contributed by atoms with Crippen molar-refractivity contribution in [1.82, 2.24) is 10.2 Å². The molecule has 1 aliphatic heterocycles. The largest absolute Gasteiger partial charge is 0.466 e. The lowest BCUT2D eigenvalue weighted by Gasteiger charge is -2.21. The van der Waals surface area contributed by atoms with Crippen molar-refractivity contribution in [2.75, 3.05) is 0 Å². The van der Waals surface area contributed by atoms with Crippen molar-refractivity contribution >= 4 is 11.9 Å². The highest BCUT2D eigenvalue weighted by molar-refractivity contribution is 6.07. The number of benzene rings is 1. The molecule has 2 aromatic rings. The number of urea groups is 1. The Morgan fingerprint density at radius 2 is 2.04 bits per heavy atom. The number of aryl methyl sites for hydroxylation is 2. The molecule has 122 valence electrons. The monoisotopic (exact) mass is 323 g/mol. The maximum absolute atomic E-state index is 12.9. The quantitative estimate of drug-likeness (QED) is 0.880. The third kappa shape index (κ3) is 2.44. The number of hydrogen-bond acceptors (Lipinski definition) is 4. The molecule has 3 rings (SSSR count). The van der Waals surface area contributed by atoms with Crippen LogP contribution in [0.4, 0.5) is 4.79 Å². The van der Waals surface area contributed by atoms with Crippen LogP contribution in [-0.2, 0) is 16.9 Å². The summed E-state index contributed by atoms with van der Waals surface area (Å²) in [7, 11) is 0. The maximum atomic E-state index is 12.9. The summed E-state index contributed by atoms with van der Waals surface area (Å²) in [6.07, 6.45) is 0. The van der Waals surface area contributed by atoms with E-state index in [1.807, 2.05) is 0 Å². The molecule has 2 heterocycles. The second-order valence-electron chi connectivity index (χ2n) is 6.09. The average molecular weight is 323 g/mol. The minimum absolute atomic E-state index is 0.117. The van der Waals surface area contributed by atoms with Gasteiger partial charge in [-0.3, -0.25) is 9.69 Å². The van der Waals surface area contributed by atoms with Crippen LogP contribution in [0.3, 0.4) is 0 Å². The van der Waals surface area contributed by atoms with Crippen LogP contribution in [0.5, 0.6) is 0 Å². The number of imide groups is 1. The summed E-state index contributed by atoms with van der Waals surface area (Å²) >= 11 is 0. The Kier molecular flexibility index (Phi) is 3.64. The molecule has 0 radical (unpaired) electrons. The maximum Gasteiger partial charge on any atom is 0.325 e. The molecule has 0 saturated carbocycles. The van der Waals surface area contributed by atoms with Crippen molar-refractivity contribution in [3.8, 4) is 6.07 Å². The highest BCUT2D eigenvalue weighted by atomic mass is 16.3. The van der Waals surface area contributed by atoms with E-state index >= 15 is 0 Å².